The summed E-state index contributed by atoms with van der Waals surface area (Å²) in [7, 11) is 0. The molecule has 2 rings (SSSR count). The summed E-state index contributed by atoms with van der Waals surface area (Å²) in [5.74, 6) is -3.20. The van der Waals surface area contributed by atoms with E-state index in [1.807, 2.05) is 5.32 Å². The van der Waals surface area contributed by atoms with Gasteiger partial charge in [0, 0.05) is 11.0 Å². The highest BCUT2D eigenvalue weighted by Crippen LogP contribution is 2.19. The molecule has 0 aliphatic heterocycles. The lowest BCUT2D eigenvalue weighted by Crippen LogP contribution is -2.44. The van der Waals surface area contributed by atoms with Gasteiger partial charge < -0.3 is 15.5 Å². The predicted octanol–water partition coefficient (Wildman–Crippen LogP) is 0.361. The fraction of sp³-hybridized carbons (Fsp3) is 0.250. The number of aromatic nitrogens is 2. The summed E-state index contributed by atoms with van der Waals surface area (Å²) in [5.41, 5.74) is -1.80. The maximum absolute atomic E-state index is 12.5. The molecule has 1 aromatic heterocycles. The molecule has 0 saturated heterocycles. The highest BCUT2D eigenvalue weighted by Gasteiger charge is 2.24. The van der Waals surface area contributed by atoms with E-state index in [0.29, 0.717) is 10.0 Å². The van der Waals surface area contributed by atoms with Crippen LogP contribution in [0.3, 0.4) is 0 Å². The predicted molar refractivity (Wildman–Crippen MR) is 95.5 cm³/mol. The topological polar surface area (TPSA) is 131 Å². The molecule has 0 fully saturated rings. The largest absolute Gasteiger partial charge is 0.494 e. The van der Waals surface area contributed by atoms with Gasteiger partial charge in [-0.15, -0.1) is 0 Å². The lowest BCUT2D eigenvalue weighted by atomic mass is 10.2. The molecule has 2 aromatic rings. The second kappa shape index (κ2) is 8.00. The number of aliphatic carboxylic acids is 1. The molecule has 0 unspecified atom stereocenters. The van der Waals surface area contributed by atoms with Crippen molar-refractivity contribution < 1.29 is 19.8 Å². The molecule has 26 heavy (non-hydrogen) atoms. The number of amides is 1. The highest BCUT2D eigenvalue weighted by molar-refractivity contribution is 9.10. The van der Waals surface area contributed by atoms with Crippen molar-refractivity contribution >= 4 is 27.8 Å². The highest BCUT2D eigenvalue weighted by atomic mass is 79.9. The first-order valence-corrected chi connectivity index (χ1v) is 8.37. The Morgan fingerprint density at radius 1 is 1.19 bits per heavy atom. The van der Waals surface area contributed by atoms with Gasteiger partial charge >= 0.3 is 11.7 Å². The number of benzene rings is 1. The summed E-state index contributed by atoms with van der Waals surface area (Å²) >= 11 is 3.33. The third-order valence-electron chi connectivity index (χ3n) is 3.63. The van der Waals surface area contributed by atoms with E-state index < -0.39 is 41.1 Å². The SMILES string of the molecule is CCn1c(=O)c(C(=O)NCC(=O)O)c(O)n(Cc2ccccc2Br)c1=O. The van der Waals surface area contributed by atoms with Crippen molar-refractivity contribution in [2.45, 2.75) is 20.0 Å². The Labute approximate surface area is 155 Å². The molecule has 3 N–H and O–H groups in total. The zero-order valence-electron chi connectivity index (χ0n) is 13.7. The van der Waals surface area contributed by atoms with Crippen LogP contribution in [-0.2, 0) is 17.9 Å². The van der Waals surface area contributed by atoms with Crippen molar-refractivity contribution in [3.05, 3.63) is 60.7 Å². The van der Waals surface area contributed by atoms with Gasteiger partial charge in [0.25, 0.3) is 11.5 Å². The molecule has 138 valence electrons. The number of carbonyl (C=O) groups is 2. The summed E-state index contributed by atoms with van der Waals surface area (Å²) in [5, 5.41) is 21.1. The molecule has 0 bridgehead atoms. The van der Waals surface area contributed by atoms with Gasteiger partial charge in [-0.1, -0.05) is 34.1 Å². The van der Waals surface area contributed by atoms with Crippen molar-refractivity contribution in [3.63, 3.8) is 0 Å². The third-order valence-corrected chi connectivity index (χ3v) is 4.40. The van der Waals surface area contributed by atoms with Gasteiger partial charge in [-0.05, 0) is 18.6 Å². The van der Waals surface area contributed by atoms with Crippen LogP contribution in [0.5, 0.6) is 5.88 Å². The Kier molecular flexibility index (Phi) is 5.98. The zero-order valence-corrected chi connectivity index (χ0v) is 15.3. The number of carbonyl (C=O) groups excluding carboxylic acids is 1. The first-order valence-electron chi connectivity index (χ1n) is 7.57. The van der Waals surface area contributed by atoms with Gasteiger partial charge in [0.2, 0.25) is 5.88 Å². The molecular formula is C16H16BrN3O6. The molecule has 10 heteroatoms. The summed E-state index contributed by atoms with van der Waals surface area (Å²) in [4.78, 5) is 47.7. The summed E-state index contributed by atoms with van der Waals surface area (Å²) in [6.07, 6.45) is 0. The average molecular weight is 426 g/mol. The lowest BCUT2D eigenvalue weighted by Gasteiger charge is -2.15. The molecule has 0 aliphatic carbocycles. The average Bonchev–Trinajstić information content (AvgIpc) is 2.58. The van der Waals surface area contributed by atoms with E-state index in [-0.39, 0.29) is 13.1 Å². The normalized spacial score (nSPS) is 10.5. The van der Waals surface area contributed by atoms with Gasteiger partial charge in [-0.3, -0.25) is 23.5 Å². The first kappa shape index (κ1) is 19.4. The number of aromatic hydroxyl groups is 1. The third kappa shape index (κ3) is 3.85. The van der Waals surface area contributed by atoms with Crippen LogP contribution < -0.4 is 16.6 Å². The van der Waals surface area contributed by atoms with E-state index in [2.05, 4.69) is 15.9 Å². The lowest BCUT2D eigenvalue weighted by molar-refractivity contribution is -0.135. The monoisotopic (exact) mass is 425 g/mol. The summed E-state index contributed by atoms with van der Waals surface area (Å²) in [6.45, 7) is 0.702. The number of nitrogens with one attached hydrogen (secondary N) is 1. The fourth-order valence-corrected chi connectivity index (χ4v) is 2.76. The van der Waals surface area contributed by atoms with Gasteiger partial charge in [-0.25, -0.2) is 4.79 Å². The number of carboxylic acids is 1. The van der Waals surface area contributed by atoms with Crippen molar-refractivity contribution in [2.24, 2.45) is 0 Å². The van der Waals surface area contributed by atoms with E-state index >= 15 is 0 Å². The number of rotatable bonds is 6. The molecule has 0 radical (unpaired) electrons. The van der Waals surface area contributed by atoms with Crippen LogP contribution in [0, 0.1) is 0 Å². The van der Waals surface area contributed by atoms with Gasteiger partial charge in [0.15, 0.2) is 5.56 Å². The van der Waals surface area contributed by atoms with E-state index in [0.717, 1.165) is 9.13 Å². The van der Waals surface area contributed by atoms with Crippen LogP contribution in [0.4, 0.5) is 0 Å². The van der Waals surface area contributed by atoms with Gasteiger partial charge in [-0.2, -0.15) is 0 Å². The standard InChI is InChI=1S/C16H16BrN3O6/c1-2-19-14(24)12(13(23)18-7-11(21)22)15(25)20(16(19)26)8-9-5-3-4-6-10(9)17/h3-6,25H,2,7-8H2,1H3,(H,18,23)(H,21,22). The molecule has 1 heterocycles. The molecule has 0 aliphatic rings. The molecule has 0 saturated carbocycles. The molecule has 1 aromatic carbocycles. The van der Waals surface area contributed by atoms with Crippen LogP contribution in [0.2, 0.25) is 0 Å². The second-order valence-electron chi connectivity index (χ2n) is 5.28. The number of halogens is 1. The Hall–Kier alpha value is -2.88. The second-order valence-corrected chi connectivity index (χ2v) is 6.14. The molecular weight excluding hydrogens is 410 g/mol. The smallest absolute Gasteiger partial charge is 0.334 e. The zero-order chi connectivity index (χ0) is 19.4. The minimum atomic E-state index is -1.31. The fourth-order valence-electron chi connectivity index (χ4n) is 2.35. The Morgan fingerprint density at radius 2 is 1.85 bits per heavy atom. The van der Waals surface area contributed by atoms with E-state index in [1.54, 1.807) is 31.2 Å². The quantitative estimate of drug-likeness (QED) is 0.612. The molecule has 0 spiro atoms. The summed E-state index contributed by atoms with van der Waals surface area (Å²) in [6, 6.07) is 6.96. The van der Waals surface area contributed by atoms with Gasteiger partial charge in [0.1, 0.15) is 6.54 Å². The molecule has 0 atom stereocenters. The number of hydrogen-bond donors (Lipinski definition) is 3. The Morgan fingerprint density at radius 3 is 2.42 bits per heavy atom. The van der Waals surface area contributed by atoms with E-state index in [9.17, 15) is 24.3 Å². The first-order chi connectivity index (χ1) is 12.3. The van der Waals surface area contributed by atoms with Crippen LogP contribution in [0.1, 0.15) is 22.8 Å². The van der Waals surface area contributed by atoms with Crippen LogP contribution in [0.25, 0.3) is 0 Å². The van der Waals surface area contributed by atoms with Gasteiger partial charge in [0.05, 0.1) is 6.54 Å². The number of hydrogen-bond acceptors (Lipinski definition) is 5. The summed E-state index contributed by atoms with van der Waals surface area (Å²) < 4.78 is 2.37. The number of carboxylic acid groups (broad SMARTS) is 1. The molecule has 1 amide bonds. The molecule has 9 nitrogen and oxygen atoms in total. The van der Waals surface area contributed by atoms with Crippen molar-refractivity contribution in [1.29, 1.82) is 0 Å². The minimum Gasteiger partial charge on any atom is -0.494 e. The Bertz CT molecular complexity index is 979. The van der Waals surface area contributed by atoms with Crippen molar-refractivity contribution in [1.82, 2.24) is 14.5 Å². The maximum Gasteiger partial charge on any atom is 0.334 e. The van der Waals surface area contributed by atoms with E-state index in [4.69, 9.17) is 5.11 Å². The Balaban J connectivity index is 2.62. The van der Waals surface area contributed by atoms with Crippen LogP contribution >= 0.6 is 15.9 Å². The minimum absolute atomic E-state index is 0.0207. The van der Waals surface area contributed by atoms with Crippen LogP contribution in [-0.4, -0.2) is 37.8 Å². The number of nitrogens with zero attached hydrogens (tertiary/aromatic N) is 2. The van der Waals surface area contributed by atoms with Crippen LogP contribution in [0.15, 0.2) is 38.3 Å². The van der Waals surface area contributed by atoms with Crippen molar-refractivity contribution in [3.8, 4) is 5.88 Å². The van der Waals surface area contributed by atoms with E-state index in [1.165, 1.54) is 0 Å². The maximum atomic E-state index is 12.5. The van der Waals surface area contributed by atoms with Crippen molar-refractivity contribution in [2.75, 3.05) is 6.54 Å².